The van der Waals surface area contributed by atoms with Gasteiger partial charge < -0.3 is 15.2 Å². The Morgan fingerprint density at radius 1 is 1.26 bits per heavy atom. The van der Waals surface area contributed by atoms with E-state index in [1.807, 2.05) is 49.4 Å². The van der Waals surface area contributed by atoms with Gasteiger partial charge in [-0.05, 0) is 42.7 Å². The first-order valence-corrected chi connectivity index (χ1v) is 7.81. The standard InChI is InChI=1S/C18H22N2O3/c1-2-16(18(21)22)14-7-9-15(10-8-14)23-13-5-12-20-17-6-3-4-11-19-17/h3-4,6-11,16H,2,5,12-13H2,1H3,(H,19,20)(H,21,22). The highest BCUT2D eigenvalue weighted by molar-refractivity contribution is 5.76. The van der Waals surface area contributed by atoms with E-state index in [1.54, 1.807) is 6.20 Å². The zero-order valence-corrected chi connectivity index (χ0v) is 13.2. The first kappa shape index (κ1) is 16.8. The predicted octanol–water partition coefficient (Wildman–Crippen LogP) is 3.54. The van der Waals surface area contributed by atoms with Gasteiger partial charge in [0.2, 0.25) is 0 Å². The molecule has 0 saturated heterocycles. The Morgan fingerprint density at radius 3 is 2.65 bits per heavy atom. The zero-order valence-electron chi connectivity index (χ0n) is 13.2. The monoisotopic (exact) mass is 314 g/mol. The number of benzene rings is 1. The maximum absolute atomic E-state index is 11.1. The van der Waals surface area contributed by atoms with Crippen LogP contribution in [0.3, 0.4) is 0 Å². The lowest BCUT2D eigenvalue weighted by Gasteiger charge is -2.11. The maximum Gasteiger partial charge on any atom is 0.310 e. The highest BCUT2D eigenvalue weighted by atomic mass is 16.5. The van der Waals surface area contributed by atoms with Crippen LogP contribution in [0.4, 0.5) is 5.82 Å². The van der Waals surface area contributed by atoms with Crippen LogP contribution in [0.5, 0.6) is 5.75 Å². The minimum absolute atomic E-state index is 0.452. The van der Waals surface area contributed by atoms with Crippen LogP contribution in [0.2, 0.25) is 0 Å². The number of hydrogen-bond acceptors (Lipinski definition) is 4. The molecule has 0 bridgehead atoms. The van der Waals surface area contributed by atoms with Crippen LogP contribution in [0, 0.1) is 0 Å². The number of carboxylic acids is 1. The van der Waals surface area contributed by atoms with Crippen molar-refractivity contribution in [3.05, 3.63) is 54.2 Å². The summed E-state index contributed by atoms with van der Waals surface area (Å²) in [4.78, 5) is 15.3. The fourth-order valence-corrected chi connectivity index (χ4v) is 2.30. The largest absolute Gasteiger partial charge is 0.494 e. The third-order valence-corrected chi connectivity index (χ3v) is 3.55. The highest BCUT2D eigenvalue weighted by Crippen LogP contribution is 2.22. The zero-order chi connectivity index (χ0) is 16.5. The molecule has 0 aliphatic carbocycles. The lowest BCUT2D eigenvalue weighted by atomic mass is 9.97. The molecule has 5 heteroatoms. The molecule has 1 aromatic carbocycles. The molecule has 1 aromatic heterocycles. The number of nitrogens with one attached hydrogen (secondary N) is 1. The summed E-state index contributed by atoms with van der Waals surface area (Å²) >= 11 is 0. The minimum Gasteiger partial charge on any atom is -0.494 e. The Bertz CT molecular complexity index is 599. The summed E-state index contributed by atoms with van der Waals surface area (Å²) in [5.74, 6) is 0.372. The molecular formula is C18H22N2O3. The number of nitrogens with zero attached hydrogens (tertiary/aromatic N) is 1. The molecule has 0 aliphatic heterocycles. The topological polar surface area (TPSA) is 71.5 Å². The van der Waals surface area contributed by atoms with E-state index in [0.29, 0.717) is 13.0 Å². The molecule has 122 valence electrons. The molecule has 0 spiro atoms. The first-order chi connectivity index (χ1) is 11.2. The summed E-state index contributed by atoms with van der Waals surface area (Å²) in [5, 5.41) is 12.4. The molecule has 1 atom stereocenters. The fraction of sp³-hybridized carbons (Fsp3) is 0.333. The Labute approximate surface area is 136 Å². The van der Waals surface area contributed by atoms with Crippen molar-refractivity contribution in [2.24, 2.45) is 0 Å². The molecule has 0 fully saturated rings. The third-order valence-electron chi connectivity index (χ3n) is 3.55. The van der Waals surface area contributed by atoms with Gasteiger partial charge in [0.15, 0.2) is 0 Å². The molecule has 0 aliphatic rings. The Hall–Kier alpha value is -2.56. The average Bonchev–Trinajstić information content (AvgIpc) is 2.57. The molecular weight excluding hydrogens is 292 g/mol. The van der Waals surface area contributed by atoms with Crippen molar-refractivity contribution < 1.29 is 14.6 Å². The van der Waals surface area contributed by atoms with Crippen molar-refractivity contribution in [3.63, 3.8) is 0 Å². The van der Waals surface area contributed by atoms with Crippen LogP contribution in [-0.2, 0) is 4.79 Å². The number of anilines is 1. The van der Waals surface area contributed by atoms with E-state index in [4.69, 9.17) is 9.84 Å². The molecule has 0 amide bonds. The number of aliphatic carboxylic acids is 1. The average molecular weight is 314 g/mol. The highest BCUT2D eigenvalue weighted by Gasteiger charge is 2.16. The van der Waals surface area contributed by atoms with Gasteiger partial charge in [-0.2, -0.15) is 0 Å². The second-order valence-corrected chi connectivity index (χ2v) is 5.21. The number of aromatic nitrogens is 1. The van der Waals surface area contributed by atoms with Gasteiger partial charge in [0.25, 0.3) is 0 Å². The number of ether oxygens (including phenoxy) is 1. The summed E-state index contributed by atoms with van der Waals surface area (Å²) in [6, 6.07) is 13.0. The lowest BCUT2D eigenvalue weighted by molar-refractivity contribution is -0.138. The van der Waals surface area contributed by atoms with E-state index in [2.05, 4.69) is 10.3 Å². The predicted molar refractivity (Wildman–Crippen MR) is 89.9 cm³/mol. The van der Waals surface area contributed by atoms with E-state index in [0.717, 1.165) is 30.1 Å². The number of carbonyl (C=O) groups is 1. The van der Waals surface area contributed by atoms with E-state index in [-0.39, 0.29) is 0 Å². The molecule has 2 aromatic rings. The van der Waals surface area contributed by atoms with Gasteiger partial charge >= 0.3 is 5.97 Å². The molecule has 2 N–H and O–H groups in total. The molecule has 0 saturated carbocycles. The SMILES string of the molecule is CCC(C(=O)O)c1ccc(OCCCNc2ccccn2)cc1. The Balaban J connectivity index is 1.73. The summed E-state index contributed by atoms with van der Waals surface area (Å²) in [7, 11) is 0. The quantitative estimate of drug-likeness (QED) is 0.693. The molecule has 23 heavy (non-hydrogen) atoms. The summed E-state index contributed by atoms with van der Waals surface area (Å²) in [6.45, 7) is 3.25. The van der Waals surface area contributed by atoms with Crippen LogP contribution in [-0.4, -0.2) is 29.2 Å². The molecule has 2 rings (SSSR count). The smallest absolute Gasteiger partial charge is 0.310 e. The van der Waals surface area contributed by atoms with Gasteiger partial charge in [0.1, 0.15) is 11.6 Å². The molecule has 0 radical (unpaired) electrons. The lowest BCUT2D eigenvalue weighted by Crippen LogP contribution is -2.10. The third kappa shape index (κ3) is 5.29. The van der Waals surface area contributed by atoms with Crippen molar-refractivity contribution in [2.45, 2.75) is 25.7 Å². The van der Waals surface area contributed by atoms with Gasteiger partial charge in [0, 0.05) is 12.7 Å². The maximum atomic E-state index is 11.1. The van der Waals surface area contributed by atoms with Crippen LogP contribution in [0.1, 0.15) is 31.2 Å². The van der Waals surface area contributed by atoms with Crippen molar-refractivity contribution in [1.29, 1.82) is 0 Å². The summed E-state index contributed by atoms with van der Waals surface area (Å²) in [5.41, 5.74) is 0.809. The number of hydrogen-bond donors (Lipinski definition) is 2. The van der Waals surface area contributed by atoms with Crippen molar-refractivity contribution >= 4 is 11.8 Å². The van der Waals surface area contributed by atoms with E-state index < -0.39 is 11.9 Å². The van der Waals surface area contributed by atoms with Crippen molar-refractivity contribution in [1.82, 2.24) is 4.98 Å². The summed E-state index contributed by atoms with van der Waals surface area (Å²) in [6.07, 6.45) is 3.18. The van der Waals surface area contributed by atoms with Gasteiger partial charge in [-0.15, -0.1) is 0 Å². The van der Waals surface area contributed by atoms with Crippen LogP contribution in [0.15, 0.2) is 48.7 Å². The molecule has 5 nitrogen and oxygen atoms in total. The normalized spacial score (nSPS) is 11.7. The Morgan fingerprint density at radius 2 is 2.04 bits per heavy atom. The van der Waals surface area contributed by atoms with Gasteiger partial charge in [0.05, 0.1) is 12.5 Å². The van der Waals surface area contributed by atoms with Gasteiger partial charge in [-0.1, -0.05) is 25.1 Å². The van der Waals surface area contributed by atoms with Crippen molar-refractivity contribution in [2.75, 3.05) is 18.5 Å². The van der Waals surface area contributed by atoms with Crippen LogP contribution < -0.4 is 10.1 Å². The van der Waals surface area contributed by atoms with E-state index >= 15 is 0 Å². The second-order valence-electron chi connectivity index (χ2n) is 5.21. The van der Waals surface area contributed by atoms with Crippen LogP contribution in [0.25, 0.3) is 0 Å². The summed E-state index contributed by atoms with van der Waals surface area (Å²) < 4.78 is 5.66. The number of carboxylic acid groups (broad SMARTS) is 1. The molecule has 1 unspecified atom stereocenters. The molecule has 1 heterocycles. The fourth-order valence-electron chi connectivity index (χ4n) is 2.30. The Kier molecular flexibility index (Phi) is 6.41. The van der Waals surface area contributed by atoms with Gasteiger partial charge in [-0.25, -0.2) is 4.98 Å². The van der Waals surface area contributed by atoms with E-state index in [1.165, 1.54) is 0 Å². The van der Waals surface area contributed by atoms with Crippen LogP contribution >= 0.6 is 0 Å². The number of pyridine rings is 1. The van der Waals surface area contributed by atoms with Gasteiger partial charge in [-0.3, -0.25) is 4.79 Å². The van der Waals surface area contributed by atoms with E-state index in [9.17, 15) is 4.79 Å². The first-order valence-electron chi connectivity index (χ1n) is 7.81. The second kappa shape index (κ2) is 8.78. The number of rotatable bonds is 9. The van der Waals surface area contributed by atoms with Crippen molar-refractivity contribution in [3.8, 4) is 5.75 Å². The minimum atomic E-state index is -0.790.